The zero-order valence-electron chi connectivity index (χ0n) is 31.4. The molecule has 0 N–H and O–H groups in total. The van der Waals surface area contributed by atoms with Crippen molar-refractivity contribution >= 4 is 65.4 Å². The Balaban J connectivity index is 1.16. The molecule has 0 spiro atoms. The van der Waals surface area contributed by atoms with Crippen molar-refractivity contribution in [2.24, 2.45) is 0 Å². The van der Waals surface area contributed by atoms with Gasteiger partial charge in [-0.1, -0.05) is 158 Å². The van der Waals surface area contributed by atoms with Crippen LogP contribution >= 0.6 is 0 Å². The first kappa shape index (κ1) is 32.4. The SMILES string of the molecule is c1ccc(-c2cccc(-c3nc4ccccc4nc3-n3c4cc(-c5ccc6c7ccccc7n(-c7ccccc7)c6c5)ccc4c4ccc5ccccc5c43)c2)cc1. The maximum absolute atomic E-state index is 5.51. The Morgan fingerprint density at radius 2 is 0.862 bits per heavy atom. The third-order valence-corrected chi connectivity index (χ3v) is 11.7. The summed E-state index contributed by atoms with van der Waals surface area (Å²) < 4.78 is 4.76. The highest BCUT2D eigenvalue weighted by Crippen LogP contribution is 2.42. The van der Waals surface area contributed by atoms with Gasteiger partial charge in [-0.25, -0.2) is 9.97 Å². The molecule has 0 fully saturated rings. The summed E-state index contributed by atoms with van der Waals surface area (Å²) in [7, 11) is 0. The molecule has 0 saturated carbocycles. The first-order valence-electron chi connectivity index (χ1n) is 19.7. The molecule has 58 heavy (non-hydrogen) atoms. The summed E-state index contributed by atoms with van der Waals surface area (Å²) in [6, 6.07) is 73.8. The summed E-state index contributed by atoms with van der Waals surface area (Å²) in [5.41, 5.74) is 13.9. The molecule has 4 nitrogen and oxygen atoms in total. The van der Waals surface area contributed by atoms with Crippen LogP contribution in [0.3, 0.4) is 0 Å². The second kappa shape index (κ2) is 12.9. The highest BCUT2D eigenvalue weighted by molar-refractivity contribution is 6.19. The Labute approximate surface area is 334 Å². The van der Waals surface area contributed by atoms with Gasteiger partial charge in [-0.05, 0) is 76.2 Å². The minimum atomic E-state index is 0.803. The van der Waals surface area contributed by atoms with Gasteiger partial charge in [0.05, 0.1) is 33.1 Å². The van der Waals surface area contributed by atoms with E-state index in [2.05, 4.69) is 203 Å². The summed E-state index contributed by atoms with van der Waals surface area (Å²) in [4.78, 5) is 10.9. The minimum Gasteiger partial charge on any atom is -0.309 e. The molecule has 9 aromatic carbocycles. The standard InChI is InChI=1S/C54H34N4/c1-3-14-35(15-4-1)37-17-13-18-40(32-37)52-54(56-48-24-11-10-23-47(48)55-52)58-51-34-39(28-30-45(51)46-31-26-36-16-7-8-21-42(36)53(46)58)38-27-29-44-43-22-9-12-25-49(43)57(50(44)33-38)41-19-5-2-6-20-41/h1-34H. The summed E-state index contributed by atoms with van der Waals surface area (Å²) >= 11 is 0. The topological polar surface area (TPSA) is 35.6 Å². The number of aromatic nitrogens is 4. The van der Waals surface area contributed by atoms with E-state index in [1.54, 1.807) is 0 Å². The lowest BCUT2D eigenvalue weighted by molar-refractivity contribution is 1.08. The van der Waals surface area contributed by atoms with Crippen LogP contribution in [0.1, 0.15) is 0 Å². The van der Waals surface area contributed by atoms with Crippen molar-refractivity contribution in [2.45, 2.75) is 0 Å². The molecule has 0 radical (unpaired) electrons. The van der Waals surface area contributed by atoms with Gasteiger partial charge in [0.25, 0.3) is 0 Å². The van der Waals surface area contributed by atoms with Crippen LogP contribution in [0.4, 0.5) is 0 Å². The Morgan fingerprint density at radius 1 is 0.310 bits per heavy atom. The Bertz CT molecular complexity index is 3560. The van der Waals surface area contributed by atoms with E-state index >= 15 is 0 Å². The lowest BCUT2D eigenvalue weighted by Crippen LogP contribution is -2.04. The predicted molar refractivity (Wildman–Crippen MR) is 242 cm³/mol. The van der Waals surface area contributed by atoms with Crippen molar-refractivity contribution in [2.75, 3.05) is 0 Å². The molecule has 3 heterocycles. The van der Waals surface area contributed by atoms with Crippen molar-refractivity contribution in [3.63, 3.8) is 0 Å². The summed E-state index contributed by atoms with van der Waals surface area (Å²) in [5.74, 6) is 0.803. The van der Waals surface area contributed by atoms with Gasteiger partial charge in [0.2, 0.25) is 0 Å². The lowest BCUT2D eigenvalue weighted by atomic mass is 10.0. The molecule has 0 atom stereocenters. The van der Waals surface area contributed by atoms with E-state index in [4.69, 9.17) is 9.97 Å². The normalized spacial score (nSPS) is 11.8. The first-order valence-corrected chi connectivity index (χ1v) is 19.7. The average Bonchev–Trinajstić information content (AvgIpc) is 3.81. The summed E-state index contributed by atoms with van der Waals surface area (Å²) in [6.07, 6.45) is 0. The number of fused-ring (bicyclic) bond motifs is 9. The number of rotatable bonds is 5. The molecule has 3 aromatic heterocycles. The van der Waals surface area contributed by atoms with Gasteiger partial charge in [0.1, 0.15) is 5.69 Å². The largest absolute Gasteiger partial charge is 0.309 e. The predicted octanol–water partition coefficient (Wildman–Crippen LogP) is 14.0. The molecule has 0 unspecified atom stereocenters. The average molecular weight is 739 g/mol. The van der Waals surface area contributed by atoms with Gasteiger partial charge in [0.15, 0.2) is 5.82 Å². The fourth-order valence-electron chi connectivity index (χ4n) is 9.00. The molecule has 12 rings (SSSR count). The smallest absolute Gasteiger partial charge is 0.165 e. The van der Waals surface area contributed by atoms with Gasteiger partial charge in [-0.2, -0.15) is 0 Å². The van der Waals surface area contributed by atoms with Gasteiger partial charge >= 0.3 is 0 Å². The van der Waals surface area contributed by atoms with Crippen molar-refractivity contribution in [1.82, 2.24) is 19.1 Å². The third-order valence-electron chi connectivity index (χ3n) is 11.7. The fraction of sp³-hybridized carbons (Fsp3) is 0. The maximum atomic E-state index is 5.51. The number of para-hydroxylation sites is 4. The van der Waals surface area contributed by atoms with Crippen molar-refractivity contribution in [3.05, 3.63) is 206 Å². The molecule has 0 saturated heterocycles. The van der Waals surface area contributed by atoms with Crippen molar-refractivity contribution < 1.29 is 0 Å². The maximum Gasteiger partial charge on any atom is 0.165 e. The van der Waals surface area contributed by atoms with Crippen LogP contribution < -0.4 is 0 Å². The summed E-state index contributed by atoms with van der Waals surface area (Å²) in [5, 5.41) is 7.18. The molecular weight excluding hydrogens is 705 g/mol. The number of hydrogen-bond acceptors (Lipinski definition) is 2. The van der Waals surface area contributed by atoms with E-state index in [-0.39, 0.29) is 0 Å². The minimum absolute atomic E-state index is 0.803. The van der Waals surface area contributed by atoms with E-state index in [0.717, 1.165) is 67.1 Å². The van der Waals surface area contributed by atoms with Gasteiger partial charge in [0, 0.05) is 38.2 Å². The molecular formula is C54H34N4. The molecule has 12 aromatic rings. The summed E-state index contributed by atoms with van der Waals surface area (Å²) in [6.45, 7) is 0. The van der Waals surface area contributed by atoms with Crippen molar-refractivity contribution in [3.8, 4) is 45.0 Å². The van der Waals surface area contributed by atoms with Crippen LogP contribution in [0.5, 0.6) is 0 Å². The molecule has 0 aliphatic rings. The Kier molecular flexibility index (Phi) is 7.20. The molecule has 0 aliphatic heterocycles. The van der Waals surface area contributed by atoms with E-state index < -0.39 is 0 Å². The van der Waals surface area contributed by atoms with Gasteiger partial charge < -0.3 is 4.57 Å². The van der Waals surface area contributed by atoms with Crippen LogP contribution in [-0.2, 0) is 0 Å². The Morgan fingerprint density at radius 3 is 1.66 bits per heavy atom. The molecule has 270 valence electrons. The van der Waals surface area contributed by atoms with E-state index in [9.17, 15) is 0 Å². The van der Waals surface area contributed by atoms with Gasteiger partial charge in [-0.15, -0.1) is 0 Å². The van der Waals surface area contributed by atoms with Crippen LogP contribution in [0.15, 0.2) is 206 Å². The lowest BCUT2D eigenvalue weighted by Gasteiger charge is -2.15. The fourth-order valence-corrected chi connectivity index (χ4v) is 9.00. The second-order valence-corrected chi connectivity index (χ2v) is 15.0. The van der Waals surface area contributed by atoms with E-state index in [1.807, 2.05) is 12.1 Å². The molecule has 0 aliphatic carbocycles. The van der Waals surface area contributed by atoms with E-state index in [1.165, 1.54) is 43.4 Å². The van der Waals surface area contributed by atoms with Crippen LogP contribution in [0.25, 0.3) is 110 Å². The van der Waals surface area contributed by atoms with Crippen LogP contribution in [0, 0.1) is 0 Å². The quantitative estimate of drug-likeness (QED) is 0.176. The number of nitrogens with zero attached hydrogens (tertiary/aromatic N) is 4. The second-order valence-electron chi connectivity index (χ2n) is 15.0. The first-order chi connectivity index (χ1) is 28.8. The molecule has 4 heteroatoms. The zero-order valence-corrected chi connectivity index (χ0v) is 31.4. The number of hydrogen-bond donors (Lipinski definition) is 0. The Hall–Kier alpha value is -7.82. The van der Waals surface area contributed by atoms with Crippen molar-refractivity contribution in [1.29, 1.82) is 0 Å². The third kappa shape index (κ3) is 5.02. The van der Waals surface area contributed by atoms with Crippen LogP contribution in [0.2, 0.25) is 0 Å². The molecule has 0 bridgehead atoms. The monoisotopic (exact) mass is 738 g/mol. The van der Waals surface area contributed by atoms with Crippen LogP contribution in [-0.4, -0.2) is 19.1 Å². The molecule has 0 amide bonds. The van der Waals surface area contributed by atoms with Gasteiger partial charge in [-0.3, -0.25) is 4.57 Å². The number of benzene rings is 9. The highest BCUT2D eigenvalue weighted by Gasteiger charge is 2.22. The highest BCUT2D eigenvalue weighted by atomic mass is 15.1. The van der Waals surface area contributed by atoms with E-state index in [0.29, 0.717) is 0 Å². The zero-order chi connectivity index (χ0) is 38.2.